The van der Waals surface area contributed by atoms with E-state index < -0.39 is 0 Å². The van der Waals surface area contributed by atoms with Crippen molar-refractivity contribution in [1.29, 1.82) is 0 Å². The molecule has 2 N–H and O–H groups in total. The molecule has 0 aromatic heterocycles. The monoisotopic (exact) mass is 284 g/mol. The van der Waals surface area contributed by atoms with Gasteiger partial charge in [0.2, 0.25) is 5.91 Å². The summed E-state index contributed by atoms with van der Waals surface area (Å²) in [7, 11) is 1.68. The zero-order valence-electron chi connectivity index (χ0n) is 13.7. The number of likely N-dealkylation sites (tertiary alicyclic amines) is 1. The molecule has 0 aliphatic carbocycles. The van der Waals surface area contributed by atoms with E-state index in [1.54, 1.807) is 7.11 Å². The highest BCUT2D eigenvalue weighted by atomic mass is 16.5. The van der Waals surface area contributed by atoms with Crippen LogP contribution in [0.3, 0.4) is 0 Å². The van der Waals surface area contributed by atoms with Crippen LogP contribution in [0.1, 0.15) is 52.9 Å². The average Bonchev–Trinajstić information content (AvgIpc) is 2.63. The first-order valence-corrected chi connectivity index (χ1v) is 7.89. The van der Waals surface area contributed by atoms with E-state index in [2.05, 4.69) is 20.8 Å². The summed E-state index contributed by atoms with van der Waals surface area (Å²) in [6.07, 6.45) is 4.97. The van der Waals surface area contributed by atoms with Crippen molar-refractivity contribution in [2.75, 3.05) is 26.8 Å². The Hall–Kier alpha value is -0.610. The number of nitrogens with two attached hydrogens (primary N) is 1. The van der Waals surface area contributed by atoms with Crippen molar-refractivity contribution in [3.63, 3.8) is 0 Å². The van der Waals surface area contributed by atoms with Gasteiger partial charge in [0, 0.05) is 26.8 Å². The van der Waals surface area contributed by atoms with Gasteiger partial charge in [-0.3, -0.25) is 4.79 Å². The first-order chi connectivity index (χ1) is 9.36. The first kappa shape index (κ1) is 17.4. The van der Waals surface area contributed by atoms with Crippen LogP contribution in [0.25, 0.3) is 0 Å². The molecule has 2 atom stereocenters. The lowest BCUT2D eigenvalue weighted by Crippen LogP contribution is -2.44. The predicted octanol–water partition coefficient (Wildman–Crippen LogP) is 2.42. The van der Waals surface area contributed by atoms with Gasteiger partial charge in [-0.2, -0.15) is 0 Å². The molecule has 0 bridgehead atoms. The largest absolute Gasteiger partial charge is 0.385 e. The second kappa shape index (κ2) is 7.99. The molecule has 0 spiro atoms. The third-order valence-electron chi connectivity index (χ3n) is 4.45. The predicted molar refractivity (Wildman–Crippen MR) is 82.5 cm³/mol. The average molecular weight is 284 g/mol. The normalized spacial score (nSPS) is 22.4. The molecule has 0 saturated carbocycles. The van der Waals surface area contributed by atoms with E-state index in [1.807, 2.05) is 4.90 Å². The molecule has 1 aliphatic heterocycles. The molecule has 118 valence electrons. The standard InChI is InChI=1S/C16H32N2O2/c1-16(2,3)13-7-5-10-18(11-9-13)15(19)14(17)8-6-12-20-4/h13-14H,5-12,17H2,1-4H3. The van der Waals surface area contributed by atoms with Crippen LogP contribution in [0.4, 0.5) is 0 Å². The fourth-order valence-electron chi connectivity index (χ4n) is 2.99. The van der Waals surface area contributed by atoms with E-state index in [9.17, 15) is 4.79 Å². The zero-order valence-corrected chi connectivity index (χ0v) is 13.7. The maximum Gasteiger partial charge on any atom is 0.239 e. The summed E-state index contributed by atoms with van der Waals surface area (Å²) < 4.78 is 5.01. The lowest BCUT2D eigenvalue weighted by molar-refractivity contribution is -0.132. The Morgan fingerprint density at radius 1 is 1.35 bits per heavy atom. The highest BCUT2D eigenvalue weighted by Gasteiger charge is 2.29. The molecule has 2 unspecified atom stereocenters. The van der Waals surface area contributed by atoms with Crippen LogP contribution in [0.2, 0.25) is 0 Å². The summed E-state index contributed by atoms with van der Waals surface area (Å²) in [6.45, 7) is 9.29. The highest BCUT2D eigenvalue weighted by molar-refractivity contribution is 5.81. The van der Waals surface area contributed by atoms with Crippen LogP contribution in [0, 0.1) is 11.3 Å². The van der Waals surface area contributed by atoms with Crippen LogP contribution in [0.5, 0.6) is 0 Å². The third kappa shape index (κ3) is 5.41. The van der Waals surface area contributed by atoms with Gasteiger partial charge >= 0.3 is 0 Å². The van der Waals surface area contributed by atoms with Gasteiger partial charge in [0.1, 0.15) is 0 Å². The summed E-state index contributed by atoms with van der Waals surface area (Å²) in [5, 5.41) is 0. The van der Waals surface area contributed by atoms with Gasteiger partial charge in [-0.15, -0.1) is 0 Å². The van der Waals surface area contributed by atoms with E-state index in [-0.39, 0.29) is 11.9 Å². The van der Waals surface area contributed by atoms with Crippen molar-refractivity contribution in [2.24, 2.45) is 17.1 Å². The highest BCUT2D eigenvalue weighted by Crippen LogP contribution is 2.34. The second-order valence-electron chi connectivity index (χ2n) is 7.06. The smallest absolute Gasteiger partial charge is 0.239 e. The van der Waals surface area contributed by atoms with Crippen molar-refractivity contribution >= 4 is 5.91 Å². The fourth-order valence-corrected chi connectivity index (χ4v) is 2.99. The van der Waals surface area contributed by atoms with E-state index in [0.29, 0.717) is 24.4 Å². The third-order valence-corrected chi connectivity index (χ3v) is 4.45. The Kier molecular flexibility index (Phi) is 6.96. The van der Waals surface area contributed by atoms with Crippen molar-refractivity contribution in [3.05, 3.63) is 0 Å². The molecule has 0 radical (unpaired) electrons. The number of methoxy groups -OCH3 is 1. The number of carbonyl (C=O) groups excluding carboxylic acids is 1. The van der Waals surface area contributed by atoms with Gasteiger partial charge in [0.05, 0.1) is 6.04 Å². The number of nitrogens with zero attached hydrogens (tertiary/aromatic N) is 1. The van der Waals surface area contributed by atoms with Crippen LogP contribution >= 0.6 is 0 Å². The molecule has 0 aromatic carbocycles. The molecule has 20 heavy (non-hydrogen) atoms. The van der Waals surface area contributed by atoms with Crippen molar-refractivity contribution < 1.29 is 9.53 Å². The maximum atomic E-state index is 12.4. The molecular formula is C16H32N2O2. The van der Waals surface area contributed by atoms with Crippen LogP contribution in [-0.2, 0) is 9.53 Å². The molecule has 4 nitrogen and oxygen atoms in total. The molecule has 1 heterocycles. The van der Waals surface area contributed by atoms with Gasteiger partial charge in [0.25, 0.3) is 0 Å². The number of ether oxygens (including phenoxy) is 1. The maximum absolute atomic E-state index is 12.4. The molecule has 1 amide bonds. The van der Waals surface area contributed by atoms with Gasteiger partial charge < -0.3 is 15.4 Å². The van der Waals surface area contributed by atoms with Crippen LogP contribution in [-0.4, -0.2) is 43.7 Å². The number of hydrogen-bond acceptors (Lipinski definition) is 3. The Balaban J connectivity index is 2.45. The molecule has 0 aromatic rings. The molecule has 4 heteroatoms. The minimum Gasteiger partial charge on any atom is -0.385 e. The van der Waals surface area contributed by atoms with E-state index >= 15 is 0 Å². The number of hydrogen-bond donors (Lipinski definition) is 1. The van der Waals surface area contributed by atoms with Crippen LogP contribution < -0.4 is 5.73 Å². The zero-order chi connectivity index (χ0) is 15.2. The Bertz CT molecular complexity index is 299. The summed E-state index contributed by atoms with van der Waals surface area (Å²) in [6, 6.07) is -0.365. The van der Waals surface area contributed by atoms with Crippen molar-refractivity contribution in [2.45, 2.75) is 58.9 Å². The Morgan fingerprint density at radius 3 is 2.65 bits per heavy atom. The Labute approximate surface area is 124 Å². The number of rotatable bonds is 5. The van der Waals surface area contributed by atoms with Gasteiger partial charge in [-0.1, -0.05) is 20.8 Å². The van der Waals surface area contributed by atoms with Crippen LogP contribution in [0.15, 0.2) is 0 Å². The number of amides is 1. The number of carbonyl (C=O) groups is 1. The topological polar surface area (TPSA) is 55.6 Å². The summed E-state index contributed by atoms with van der Waals surface area (Å²) >= 11 is 0. The summed E-state index contributed by atoms with van der Waals surface area (Å²) in [4.78, 5) is 14.3. The van der Waals surface area contributed by atoms with Gasteiger partial charge in [0.15, 0.2) is 0 Å². The fraction of sp³-hybridized carbons (Fsp3) is 0.938. The van der Waals surface area contributed by atoms with Crippen molar-refractivity contribution in [3.8, 4) is 0 Å². The Morgan fingerprint density at radius 2 is 2.05 bits per heavy atom. The minimum atomic E-state index is -0.365. The molecule has 1 saturated heterocycles. The molecule has 1 fully saturated rings. The van der Waals surface area contributed by atoms with E-state index in [0.717, 1.165) is 32.4 Å². The van der Waals surface area contributed by atoms with Gasteiger partial charge in [-0.05, 0) is 43.4 Å². The quantitative estimate of drug-likeness (QED) is 0.789. The summed E-state index contributed by atoms with van der Waals surface area (Å²) in [5.41, 5.74) is 6.35. The van der Waals surface area contributed by atoms with Crippen molar-refractivity contribution in [1.82, 2.24) is 4.90 Å². The lowest BCUT2D eigenvalue weighted by Gasteiger charge is -2.30. The second-order valence-corrected chi connectivity index (χ2v) is 7.06. The van der Waals surface area contributed by atoms with E-state index in [4.69, 9.17) is 10.5 Å². The SMILES string of the molecule is COCCCC(N)C(=O)N1CCCC(C(C)(C)C)CC1. The first-order valence-electron chi connectivity index (χ1n) is 7.89. The minimum absolute atomic E-state index is 0.121. The van der Waals surface area contributed by atoms with E-state index in [1.165, 1.54) is 6.42 Å². The molecular weight excluding hydrogens is 252 g/mol. The van der Waals surface area contributed by atoms with Gasteiger partial charge in [-0.25, -0.2) is 0 Å². The molecule has 1 rings (SSSR count). The summed E-state index contributed by atoms with van der Waals surface area (Å²) in [5.74, 6) is 0.820. The molecule has 1 aliphatic rings. The lowest BCUT2D eigenvalue weighted by atomic mass is 9.77.